The fraction of sp³-hybridized carbons (Fsp3) is 0.421. The SMILES string of the molecule is CC(C)N(CC1CCC1)C(=O)c1ccc(=O)n(-c2ccccc2)n1. The summed E-state index contributed by atoms with van der Waals surface area (Å²) in [5.74, 6) is 0.484. The van der Waals surface area contributed by atoms with Crippen LogP contribution in [0.4, 0.5) is 0 Å². The van der Waals surface area contributed by atoms with E-state index in [4.69, 9.17) is 0 Å². The normalized spacial score (nSPS) is 14.5. The number of nitrogens with zero attached hydrogens (tertiary/aromatic N) is 3. The van der Waals surface area contributed by atoms with Crippen LogP contribution in [0.15, 0.2) is 47.3 Å². The van der Waals surface area contributed by atoms with Gasteiger partial charge in [-0.3, -0.25) is 9.59 Å². The second kappa shape index (κ2) is 6.99. The highest BCUT2D eigenvalue weighted by atomic mass is 16.2. The molecule has 2 aromatic rings. The van der Waals surface area contributed by atoms with Crippen LogP contribution >= 0.6 is 0 Å². The molecular weight excluding hydrogens is 302 g/mol. The van der Waals surface area contributed by atoms with Gasteiger partial charge in [0.1, 0.15) is 5.69 Å². The Labute approximate surface area is 141 Å². The van der Waals surface area contributed by atoms with Crippen molar-refractivity contribution in [3.63, 3.8) is 0 Å². The molecule has 1 saturated carbocycles. The number of carbonyl (C=O) groups excluding carboxylic acids is 1. The number of amides is 1. The van der Waals surface area contributed by atoms with E-state index < -0.39 is 0 Å². The molecule has 1 aliphatic rings. The molecular formula is C19H23N3O2. The van der Waals surface area contributed by atoms with Gasteiger partial charge in [0.05, 0.1) is 5.69 Å². The molecule has 1 amide bonds. The standard InChI is InChI=1S/C19H23N3O2/c1-14(2)21(13-15-7-6-8-15)19(24)17-11-12-18(23)22(20-17)16-9-4-3-5-10-16/h3-5,9-12,14-15H,6-8,13H2,1-2H3. The van der Waals surface area contributed by atoms with Gasteiger partial charge in [-0.1, -0.05) is 24.6 Å². The zero-order chi connectivity index (χ0) is 17.1. The molecule has 0 N–H and O–H groups in total. The Bertz CT molecular complexity index is 764. The number of para-hydroxylation sites is 1. The molecule has 1 aromatic carbocycles. The Hall–Kier alpha value is -2.43. The highest BCUT2D eigenvalue weighted by Crippen LogP contribution is 2.28. The summed E-state index contributed by atoms with van der Waals surface area (Å²) >= 11 is 0. The maximum absolute atomic E-state index is 12.9. The predicted octanol–water partition coefficient (Wildman–Crippen LogP) is 2.88. The van der Waals surface area contributed by atoms with Crippen molar-refractivity contribution in [3.8, 4) is 5.69 Å². The van der Waals surface area contributed by atoms with Crippen LogP contribution in [-0.4, -0.2) is 33.2 Å². The molecule has 0 unspecified atom stereocenters. The lowest BCUT2D eigenvalue weighted by Gasteiger charge is -2.34. The van der Waals surface area contributed by atoms with Crippen molar-refractivity contribution in [2.75, 3.05) is 6.54 Å². The quantitative estimate of drug-likeness (QED) is 0.849. The van der Waals surface area contributed by atoms with Crippen LogP contribution in [0.5, 0.6) is 0 Å². The molecule has 0 saturated heterocycles. The first kappa shape index (κ1) is 16.4. The Kier molecular flexibility index (Phi) is 4.79. The topological polar surface area (TPSA) is 55.2 Å². The second-order valence-corrected chi connectivity index (χ2v) is 6.65. The molecule has 1 fully saturated rings. The highest BCUT2D eigenvalue weighted by molar-refractivity contribution is 5.92. The van der Waals surface area contributed by atoms with E-state index in [1.807, 2.05) is 36.9 Å². The van der Waals surface area contributed by atoms with Crippen LogP contribution in [0, 0.1) is 5.92 Å². The molecule has 1 aromatic heterocycles. The van der Waals surface area contributed by atoms with Crippen LogP contribution in [0.2, 0.25) is 0 Å². The summed E-state index contributed by atoms with van der Waals surface area (Å²) in [7, 11) is 0. The minimum atomic E-state index is -0.243. The minimum absolute atomic E-state index is 0.108. The van der Waals surface area contributed by atoms with Gasteiger partial charge in [-0.15, -0.1) is 0 Å². The Balaban J connectivity index is 1.90. The summed E-state index contributed by atoms with van der Waals surface area (Å²) in [5.41, 5.74) is 0.728. The van der Waals surface area contributed by atoms with E-state index in [1.165, 1.54) is 36.1 Å². The Morgan fingerprint density at radius 1 is 1.21 bits per heavy atom. The number of aromatic nitrogens is 2. The third-order valence-corrected chi connectivity index (χ3v) is 4.58. The van der Waals surface area contributed by atoms with Gasteiger partial charge in [-0.25, -0.2) is 0 Å². The number of benzene rings is 1. The van der Waals surface area contributed by atoms with Crippen LogP contribution in [-0.2, 0) is 0 Å². The van der Waals surface area contributed by atoms with E-state index in [9.17, 15) is 9.59 Å². The van der Waals surface area contributed by atoms with Crippen molar-refractivity contribution in [1.82, 2.24) is 14.7 Å². The number of carbonyl (C=O) groups is 1. The summed E-state index contributed by atoms with van der Waals surface area (Å²) in [6.07, 6.45) is 3.63. The fourth-order valence-corrected chi connectivity index (χ4v) is 2.91. The predicted molar refractivity (Wildman–Crippen MR) is 93.3 cm³/mol. The van der Waals surface area contributed by atoms with Gasteiger partial charge < -0.3 is 4.90 Å². The van der Waals surface area contributed by atoms with E-state index in [-0.39, 0.29) is 17.5 Å². The van der Waals surface area contributed by atoms with Crippen molar-refractivity contribution in [2.24, 2.45) is 5.92 Å². The first-order valence-corrected chi connectivity index (χ1v) is 8.53. The summed E-state index contributed by atoms with van der Waals surface area (Å²) in [6, 6.07) is 12.2. The van der Waals surface area contributed by atoms with Gasteiger partial charge in [-0.05, 0) is 50.8 Å². The number of rotatable bonds is 5. The molecule has 0 bridgehead atoms. The molecule has 0 aliphatic heterocycles. The van der Waals surface area contributed by atoms with Crippen LogP contribution in [0.3, 0.4) is 0 Å². The smallest absolute Gasteiger partial charge is 0.274 e. The monoisotopic (exact) mass is 325 g/mol. The number of hydrogen-bond acceptors (Lipinski definition) is 3. The van der Waals surface area contributed by atoms with Crippen molar-refractivity contribution < 1.29 is 4.79 Å². The van der Waals surface area contributed by atoms with E-state index in [0.717, 1.165) is 6.54 Å². The molecule has 0 atom stereocenters. The minimum Gasteiger partial charge on any atom is -0.335 e. The molecule has 0 spiro atoms. The lowest BCUT2D eigenvalue weighted by Crippen LogP contribution is -2.42. The van der Waals surface area contributed by atoms with Gasteiger partial charge >= 0.3 is 0 Å². The second-order valence-electron chi connectivity index (χ2n) is 6.65. The van der Waals surface area contributed by atoms with Crippen molar-refractivity contribution in [1.29, 1.82) is 0 Å². The lowest BCUT2D eigenvalue weighted by molar-refractivity contribution is 0.0624. The van der Waals surface area contributed by atoms with Crippen molar-refractivity contribution in [2.45, 2.75) is 39.2 Å². The zero-order valence-corrected chi connectivity index (χ0v) is 14.2. The Morgan fingerprint density at radius 3 is 2.50 bits per heavy atom. The number of hydrogen-bond donors (Lipinski definition) is 0. The van der Waals surface area contributed by atoms with Crippen molar-refractivity contribution in [3.05, 3.63) is 58.5 Å². The van der Waals surface area contributed by atoms with E-state index in [2.05, 4.69) is 5.10 Å². The summed E-state index contributed by atoms with van der Waals surface area (Å²) < 4.78 is 1.29. The van der Waals surface area contributed by atoms with Crippen LogP contribution in [0.1, 0.15) is 43.6 Å². The van der Waals surface area contributed by atoms with Gasteiger partial charge in [0.2, 0.25) is 0 Å². The molecule has 0 radical (unpaired) electrons. The highest BCUT2D eigenvalue weighted by Gasteiger charge is 2.27. The first-order valence-electron chi connectivity index (χ1n) is 8.53. The molecule has 5 heteroatoms. The van der Waals surface area contributed by atoms with Crippen LogP contribution in [0.25, 0.3) is 5.69 Å². The molecule has 3 rings (SSSR count). The van der Waals surface area contributed by atoms with Gasteiger partial charge in [0.15, 0.2) is 0 Å². The first-order chi connectivity index (χ1) is 11.6. The molecule has 24 heavy (non-hydrogen) atoms. The summed E-state index contributed by atoms with van der Waals surface area (Å²) in [4.78, 5) is 26.9. The molecule has 126 valence electrons. The van der Waals surface area contributed by atoms with E-state index in [1.54, 1.807) is 12.1 Å². The molecule has 5 nitrogen and oxygen atoms in total. The van der Waals surface area contributed by atoms with E-state index >= 15 is 0 Å². The van der Waals surface area contributed by atoms with Crippen LogP contribution < -0.4 is 5.56 Å². The summed E-state index contributed by atoms with van der Waals surface area (Å²) in [5, 5.41) is 4.31. The van der Waals surface area contributed by atoms with Crippen molar-refractivity contribution >= 4 is 5.91 Å². The maximum Gasteiger partial charge on any atom is 0.274 e. The average molecular weight is 325 g/mol. The molecule has 1 heterocycles. The Morgan fingerprint density at radius 2 is 1.92 bits per heavy atom. The summed E-state index contributed by atoms with van der Waals surface area (Å²) in [6.45, 7) is 4.80. The van der Waals surface area contributed by atoms with Gasteiger partial charge in [0, 0.05) is 18.7 Å². The van der Waals surface area contributed by atoms with Gasteiger partial charge in [0.25, 0.3) is 11.5 Å². The third kappa shape index (κ3) is 3.40. The zero-order valence-electron chi connectivity index (χ0n) is 14.2. The van der Waals surface area contributed by atoms with Gasteiger partial charge in [-0.2, -0.15) is 9.78 Å². The fourth-order valence-electron chi connectivity index (χ4n) is 2.91. The largest absolute Gasteiger partial charge is 0.335 e. The average Bonchev–Trinajstić information content (AvgIpc) is 2.54. The maximum atomic E-state index is 12.9. The lowest BCUT2D eigenvalue weighted by atomic mass is 9.85. The third-order valence-electron chi connectivity index (χ3n) is 4.58. The van der Waals surface area contributed by atoms with E-state index in [0.29, 0.717) is 17.3 Å². The molecule has 1 aliphatic carbocycles.